The first kappa shape index (κ1) is 16.1. The highest BCUT2D eigenvalue weighted by Crippen LogP contribution is 2.20. The number of hydrogen-bond donors (Lipinski definition) is 0. The van der Waals surface area contributed by atoms with E-state index < -0.39 is 9.53 Å². The third kappa shape index (κ3) is 10.6. The maximum absolute atomic E-state index is 5.85. The quantitative estimate of drug-likeness (QED) is 0.715. The normalized spacial score (nSPS) is 14.6. The summed E-state index contributed by atoms with van der Waals surface area (Å²) >= 11 is 0. The summed E-state index contributed by atoms with van der Waals surface area (Å²) < 4.78 is 17.5. The maximum atomic E-state index is 5.85. The molecule has 0 N–H and O–H groups in total. The molecule has 0 amide bonds. The molecule has 0 fully saturated rings. The Morgan fingerprint density at radius 3 is 0.812 bits per heavy atom. The molecule has 4 heteroatoms. The average Bonchev–Trinajstić information content (AvgIpc) is 1.70. The van der Waals surface area contributed by atoms with Gasteiger partial charge in [-0.1, -0.05) is 0 Å². The van der Waals surface area contributed by atoms with Crippen molar-refractivity contribution in [3.05, 3.63) is 0 Å². The second-order valence-electron chi connectivity index (χ2n) is 6.89. The standard InChI is InChI=1S/C12H27O3Si/c1-10(2,3)13-16(14-11(4,5)6)15-12(7,8)9/h1-9H3. The minimum absolute atomic E-state index is 0.245. The van der Waals surface area contributed by atoms with Crippen LogP contribution in [0.15, 0.2) is 0 Å². The highest BCUT2D eigenvalue weighted by Gasteiger charge is 2.34. The van der Waals surface area contributed by atoms with Gasteiger partial charge in [0.05, 0.1) is 16.8 Å². The Morgan fingerprint density at radius 2 is 0.688 bits per heavy atom. The van der Waals surface area contributed by atoms with Gasteiger partial charge < -0.3 is 13.3 Å². The molecule has 0 atom stereocenters. The summed E-state index contributed by atoms with van der Waals surface area (Å²) in [7, 11) is -1.72. The smallest absolute Gasteiger partial charge is 0.366 e. The molecule has 0 saturated heterocycles. The molecule has 0 spiro atoms. The van der Waals surface area contributed by atoms with Crippen LogP contribution in [-0.2, 0) is 13.3 Å². The fourth-order valence-electron chi connectivity index (χ4n) is 0.812. The van der Waals surface area contributed by atoms with Crippen LogP contribution in [0.2, 0.25) is 0 Å². The maximum Gasteiger partial charge on any atom is 0.579 e. The van der Waals surface area contributed by atoms with Crippen molar-refractivity contribution in [2.75, 3.05) is 0 Å². The van der Waals surface area contributed by atoms with E-state index >= 15 is 0 Å². The van der Waals surface area contributed by atoms with Crippen molar-refractivity contribution in [3.8, 4) is 0 Å². The average molecular weight is 247 g/mol. The van der Waals surface area contributed by atoms with Gasteiger partial charge in [0.15, 0.2) is 0 Å². The van der Waals surface area contributed by atoms with Gasteiger partial charge in [-0.2, -0.15) is 0 Å². The molecule has 0 aromatic rings. The fourth-order valence-corrected chi connectivity index (χ4v) is 2.44. The van der Waals surface area contributed by atoms with Crippen molar-refractivity contribution in [1.82, 2.24) is 0 Å². The lowest BCUT2D eigenvalue weighted by Crippen LogP contribution is -2.44. The van der Waals surface area contributed by atoms with Gasteiger partial charge in [-0.25, -0.2) is 0 Å². The minimum Gasteiger partial charge on any atom is -0.366 e. The fraction of sp³-hybridized carbons (Fsp3) is 1.00. The molecule has 0 aromatic heterocycles. The molecule has 0 saturated carbocycles. The summed E-state index contributed by atoms with van der Waals surface area (Å²) in [5.74, 6) is 0. The van der Waals surface area contributed by atoms with Crippen LogP contribution >= 0.6 is 0 Å². The molecule has 16 heavy (non-hydrogen) atoms. The summed E-state index contributed by atoms with van der Waals surface area (Å²) in [4.78, 5) is 0. The molecule has 97 valence electrons. The van der Waals surface area contributed by atoms with E-state index in [-0.39, 0.29) is 16.8 Å². The lowest BCUT2D eigenvalue weighted by molar-refractivity contribution is -0.0503. The summed E-state index contributed by atoms with van der Waals surface area (Å²) in [5.41, 5.74) is -0.736. The molecular formula is C12H27O3Si. The van der Waals surface area contributed by atoms with E-state index in [2.05, 4.69) is 0 Å². The predicted molar refractivity (Wildman–Crippen MR) is 68.3 cm³/mol. The van der Waals surface area contributed by atoms with E-state index in [1.54, 1.807) is 0 Å². The van der Waals surface area contributed by atoms with Crippen molar-refractivity contribution in [2.24, 2.45) is 0 Å². The Kier molecular flexibility index (Phi) is 5.20. The Hall–Kier alpha value is 0.0969. The molecule has 1 radical (unpaired) electrons. The van der Waals surface area contributed by atoms with Crippen molar-refractivity contribution >= 4 is 9.53 Å². The molecule has 0 aliphatic carbocycles. The molecule has 0 bridgehead atoms. The SMILES string of the molecule is CC(C)(C)O[Si](OC(C)(C)C)OC(C)(C)C. The Labute approximate surface area is 102 Å². The van der Waals surface area contributed by atoms with Gasteiger partial charge >= 0.3 is 9.53 Å². The van der Waals surface area contributed by atoms with E-state index in [9.17, 15) is 0 Å². The third-order valence-electron chi connectivity index (χ3n) is 1.17. The summed E-state index contributed by atoms with van der Waals surface area (Å²) in [6.45, 7) is 18.1. The van der Waals surface area contributed by atoms with Crippen molar-refractivity contribution in [3.63, 3.8) is 0 Å². The molecule has 0 aliphatic heterocycles. The predicted octanol–water partition coefficient (Wildman–Crippen LogP) is 3.42. The van der Waals surface area contributed by atoms with Crippen molar-refractivity contribution < 1.29 is 13.3 Å². The molecule has 0 rings (SSSR count). The Bertz CT molecular complexity index is 170. The van der Waals surface area contributed by atoms with Crippen LogP contribution in [0.4, 0.5) is 0 Å². The highest BCUT2D eigenvalue weighted by atomic mass is 28.3. The lowest BCUT2D eigenvalue weighted by atomic mass is 10.2. The van der Waals surface area contributed by atoms with Gasteiger partial charge in [-0.05, 0) is 62.3 Å². The summed E-state index contributed by atoms with van der Waals surface area (Å²) in [6.07, 6.45) is 0. The molecule has 3 nitrogen and oxygen atoms in total. The largest absolute Gasteiger partial charge is 0.579 e. The van der Waals surface area contributed by atoms with Crippen LogP contribution in [0.5, 0.6) is 0 Å². The van der Waals surface area contributed by atoms with Crippen LogP contribution in [0.3, 0.4) is 0 Å². The molecular weight excluding hydrogens is 220 g/mol. The van der Waals surface area contributed by atoms with E-state index in [1.165, 1.54) is 0 Å². The van der Waals surface area contributed by atoms with E-state index in [1.807, 2.05) is 62.3 Å². The van der Waals surface area contributed by atoms with Crippen molar-refractivity contribution in [2.45, 2.75) is 79.1 Å². The molecule has 0 unspecified atom stereocenters. The minimum atomic E-state index is -1.72. The number of hydrogen-bond acceptors (Lipinski definition) is 3. The first-order chi connectivity index (χ1) is 6.79. The Morgan fingerprint density at radius 1 is 0.500 bits per heavy atom. The number of rotatable bonds is 3. The van der Waals surface area contributed by atoms with Gasteiger partial charge in [-0.15, -0.1) is 0 Å². The monoisotopic (exact) mass is 247 g/mol. The Balaban J connectivity index is 4.53. The summed E-state index contributed by atoms with van der Waals surface area (Å²) in [6, 6.07) is 0. The van der Waals surface area contributed by atoms with E-state index in [4.69, 9.17) is 13.3 Å². The van der Waals surface area contributed by atoms with Gasteiger partial charge in [0.2, 0.25) is 0 Å². The molecule has 0 heterocycles. The second kappa shape index (κ2) is 5.17. The van der Waals surface area contributed by atoms with E-state index in [0.717, 1.165) is 0 Å². The van der Waals surface area contributed by atoms with Crippen LogP contribution in [0.25, 0.3) is 0 Å². The van der Waals surface area contributed by atoms with Gasteiger partial charge in [0.1, 0.15) is 0 Å². The first-order valence-electron chi connectivity index (χ1n) is 5.72. The van der Waals surface area contributed by atoms with E-state index in [0.29, 0.717) is 0 Å². The van der Waals surface area contributed by atoms with Crippen LogP contribution < -0.4 is 0 Å². The van der Waals surface area contributed by atoms with Crippen LogP contribution in [0.1, 0.15) is 62.3 Å². The van der Waals surface area contributed by atoms with Crippen LogP contribution in [-0.4, -0.2) is 26.3 Å². The van der Waals surface area contributed by atoms with Crippen molar-refractivity contribution in [1.29, 1.82) is 0 Å². The zero-order chi connectivity index (χ0) is 13.2. The second-order valence-corrected chi connectivity index (χ2v) is 8.01. The van der Waals surface area contributed by atoms with Crippen LogP contribution in [0, 0.1) is 0 Å². The molecule has 0 aromatic carbocycles. The third-order valence-corrected chi connectivity index (χ3v) is 3.51. The zero-order valence-electron chi connectivity index (χ0n) is 12.2. The molecule has 0 aliphatic rings. The first-order valence-corrected chi connectivity index (χ1v) is 6.95. The zero-order valence-corrected chi connectivity index (χ0v) is 13.2. The summed E-state index contributed by atoms with van der Waals surface area (Å²) in [5, 5.41) is 0. The highest BCUT2D eigenvalue weighted by molar-refractivity contribution is 6.36. The van der Waals surface area contributed by atoms with Gasteiger partial charge in [0.25, 0.3) is 0 Å². The topological polar surface area (TPSA) is 27.7 Å². The van der Waals surface area contributed by atoms with Gasteiger partial charge in [-0.3, -0.25) is 0 Å². The van der Waals surface area contributed by atoms with Gasteiger partial charge in [0, 0.05) is 0 Å². The lowest BCUT2D eigenvalue weighted by Gasteiger charge is -2.33.